The maximum atomic E-state index is 11.7. The van der Waals surface area contributed by atoms with Crippen LogP contribution >= 0.6 is 15.9 Å². The number of halogens is 1. The molecule has 1 aliphatic heterocycles. The lowest BCUT2D eigenvalue weighted by Crippen LogP contribution is -2.47. The summed E-state index contributed by atoms with van der Waals surface area (Å²) in [7, 11) is 1.61. The number of amides is 1. The van der Waals surface area contributed by atoms with E-state index in [1.165, 1.54) is 4.90 Å². The van der Waals surface area contributed by atoms with E-state index in [0.717, 1.165) is 0 Å². The van der Waals surface area contributed by atoms with E-state index in [9.17, 15) is 4.79 Å². The number of hydrogen-bond donors (Lipinski definition) is 1. The highest BCUT2D eigenvalue weighted by molar-refractivity contribution is 9.10. The van der Waals surface area contributed by atoms with Gasteiger partial charge in [-0.3, -0.25) is 9.69 Å². The van der Waals surface area contributed by atoms with E-state index in [-0.39, 0.29) is 18.3 Å². The van der Waals surface area contributed by atoms with Crippen molar-refractivity contribution >= 4 is 27.8 Å². The van der Waals surface area contributed by atoms with Crippen LogP contribution in [-0.4, -0.2) is 23.8 Å². The summed E-state index contributed by atoms with van der Waals surface area (Å²) < 4.78 is 6.06. The van der Waals surface area contributed by atoms with Crippen LogP contribution in [-0.2, 0) is 10.3 Å². The van der Waals surface area contributed by atoms with Gasteiger partial charge < -0.3 is 10.2 Å². The predicted octanol–water partition coefficient (Wildman–Crippen LogP) is 1.43. The zero-order valence-electron chi connectivity index (χ0n) is 9.03. The van der Waals surface area contributed by atoms with Gasteiger partial charge in [-0.1, -0.05) is 0 Å². The van der Waals surface area contributed by atoms with E-state index in [1.54, 1.807) is 19.2 Å². The third-order valence-electron chi connectivity index (χ3n) is 2.68. The fourth-order valence-corrected chi connectivity index (χ4v) is 1.96. The van der Waals surface area contributed by atoms with Crippen molar-refractivity contribution in [3.8, 4) is 0 Å². The van der Waals surface area contributed by atoms with E-state index in [4.69, 9.17) is 10.2 Å². The Kier molecular flexibility index (Phi) is 2.53. The van der Waals surface area contributed by atoms with Crippen molar-refractivity contribution in [3.63, 3.8) is 0 Å². The number of nitrogens with two attached hydrogens (primary N) is 1. The minimum absolute atomic E-state index is 0.0671. The first kappa shape index (κ1) is 11.2. The molecule has 6 heteroatoms. The molecule has 0 fully saturated rings. The van der Waals surface area contributed by atoms with Gasteiger partial charge in [0, 0.05) is 7.05 Å². The zero-order chi connectivity index (χ0) is 11.9. The predicted molar refractivity (Wildman–Crippen MR) is 62.8 cm³/mol. The standard InChI is InChI=1S/C10H12BrN3O2/c1-10(6-3-4-7(11)16-6)5-8(15)14(2)9(12)13-10/h3-4H,5H2,1-2H3,(H2,12,13)/t10-/m0/s1. The second-order valence-corrected chi connectivity index (χ2v) is 4.76. The molecule has 2 heterocycles. The van der Waals surface area contributed by atoms with Crippen molar-refractivity contribution in [1.29, 1.82) is 0 Å². The van der Waals surface area contributed by atoms with Gasteiger partial charge in [0.2, 0.25) is 5.91 Å². The van der Waals surface area contributed by atoms with Crippen LogP contribution in [0.4, 0.5) is 0 Å². The molecule has 0 radical (unpaired) electrons. The molecule has 5 nitrogen and oxygen atoms in total. The Hall–Kier alpha value is -1.30. The van der Waals surface area contributed by atoms with Crippen molar-refractivity contribution in [1.82, 2.24) is 4.90 Å². The monoisotopic (exact) mass is 285 g/mol. The molecular formula is C10H12BrN3O2. The van der Waals surface area contributed by atoms with Gasteiger partial charge in [-0.15, -0.1) is 0 Å². The molecule has 86 valence electrons. The number of hydrogen-bond acceptors (Lipinski definition) is 4. The van der Waals surface area contributed by atoms with Crippen molar-refractivity contribution < 1.29 is 9.21 Å². The number of rotatable bonds is 1. The largest absolute Gasteiger partial charge is 0.452 e. The molecule has 1 atom stereocenters. The lowest BCUT2D eigenvalue weighted by molar-refractivity contribution is -0.128. The van der Waals surface area contributed by atoms with E-state index < -0.39 is 5.54 Å². The highest BCUT2D eigenvalue weighted by Gasteiger charge is 2.38. The first-order valence-corrected chi connectivity index (χ1v) is 5.59. The first-order valence-electron chi connectivity index (χ1n) is 4.80. The molecule has 16 heavy (non-hydrogen) atoms. The SMILES string of the molecule is CN1C(=O)C[C@@](C)(c2ccc(Br)o2)N=C1N. The van der Waals surface area contributed by atoms with E-state index in [2.05, 4.69) is 20.9 Å². The molecule has 1 amide bonds. The molecule has 0 aromatic carbocycles. The van der Waals surface area contributed by atoms with Gasteiger partial charge in [0.25, 0.3) is 0 Å². The number of aliphatic imine (C=N–C) groups is 1. The summed E-state index contributed by atoms with van der Waals surface area (Å²) in [4.78, 5) is 17.4. The summed E-state index contributed by atoms with van der Waals surface area (Å²) in [5.74, 6) is 0.776. The van der Waals surface area contributed by atoms with Gasteiger partial charge in [0.1, 0.15) is 11.3 Å². The third-order valence-corrected chi connectivity index (χ3v) is 3.10. The second kappa shape index (κ2) is 3.62. The van der Waals surface area contributed by atoms with Crippen LogP contribution < -0.4 is 5.73 Å². The van der Waals surface area contributed by atoms with Gasteiger partial charge in [-0.05, 0) is 35.0 Å². The van der Waals surface area contributed by atoms with Crippen LogP contribution in [0.5, 0.6) is 0 Å². The zero-order valence-corrected chi connectivity index (χ0v) is 10.6. The summed E-state index contributed by atoms with van der Waals surface area (Å²) in [6.45, 7) is 1.83. The number of carbonyl (C=O) groups is 1. The minimum atomic E-state index is -0.709. The highest BCUT2D eigenvalue weighted by Crippen LogP contribution is 2.34. The van der Waals surface area contributed by atoms with Gasteiger partial charge in [0.05, 0.1) is 6.42 Å². The molecule has 1 aliphatic rings. The maximum Gasteiger partial charge on any atom is 0.231 e. The van der Waals surface area contributed by atoms with Gasteiger partial charge in [0.15, 0.2) is 10.6 Å². The van der Waals surface area contributed by atoms with Gasteiger partial charge >= 0.3 is 0 Å². The van der Waals surface area contributed by atoms with Crippen LogP contribution in [0.2, 0.25) is 0 Å². The third kappa shape index (κ3) is 1.73. The Bertz CT molecular complexity index is 468. The Morgan fingerprint density at radius 1 is 1.62 bits per heavy atom. The fraction of sp³-hybridized carbons (Fsp3) is 0.400. The normalized spacial score (nSPS) is 25.8. The van der Waals surface area contributed by atoms with Crippen LogP contribution in [0.1, 0.15) is 19.1 Å². The fourth-order valence-electron chi connectivity index (χ4n) is 1.65. The average molecular weight is 286 g/mol. The van der Waals surface area contributed by atoms with E-state index in [0.29, 0.717) is 10.4 Å². The minimum Gasteiger partial charge on any atom is -0.452 e. The summed E-state index contributed by atoms with van der Waals surface area (Å²) in [6, 6.07) is 3.56. The summed E-state index contributed by atoms with van der Waals surface area (Å²) in [6.07, 6.45) is 0.254. The second-order valence-electron chi connectivity index (χ2n) is 3.98. The van der Waals surface area contributed by atoms with Crippen LogP contribution in [0.25, 0.3) is 0 Å². The molecule has 0 aliphatic carbocycles. The topological polar surface area (TPSA) is 71.8 Å². The van der Waals surface area contributed by atoms with Crippen molar-refractivity contribution in [2.75, 3.05) is 7.05 Å². The molecular weight excluding hydrogens is 274 g/mol. The molecule has 2 N–H and O–H groups in total. The number of nitrogens with zero attached hydrogens (tertiary/aromatic N) is 2. The van der Waals surface area contributed by atoms with Gasteiger partial charge in [-0.2, -0.15) is 0 Å². The quantitative estimate of drug-likeness (QED) is 0.849. The Balaban J connectivity index is 2.43. The maximum absolute atomic E-state index is 11.7. The lowest BCUT2D eigenvalue weighted by atomic mass is 9.93. The average Bonchev–Trinajstić information content (AvgIpc) is 2.62. The molecule has 0 saturated carbocycles. The Morgan fingerprint density at radius 3 is 2.81 bits per heavy atom. The number of furan rings is 1. The first-order chi connectivity index (χ1) is 7.42. The van der Waals surface area contributed by atoms with Crippen molar-refractivity contribution in [2.45, 2.75) is 18.9 Å². The van der Waals surface area contributed by atoms with E-state index in [1.807, 2.05) is 6.92 Å². The van der Waals surface area contributed by atoms with Crippen LogP contribution in [0.3, 0.4) is 0 Å². The summed E-state index contributed by atoms with van der Waals surface area (Å²) in [5, 5.41) is 0. The molecule has 1 aromatic heterocycles. The van der Waals surface area contributed by atoms with Crippen molar-refractivity contribution in [3.05, 3.63) is 22.6 Å². The van der Waals surface area contributed by atoms with Crippen LogP contribution in [0.15, 0.2) is 26.2 Å². The summed E-state index contributed by atoms with van der Waals surface area (Å²) >= 11 is 3.22. The smallest absolute Gasteiger partial charge is 0.231 e. The molecule has 2 rings (SSSR count). The Labute approximate surface area is 101 Å². The molecule has 0 spiro atoms. The molecule has 1 aromatic rings. The highest BCUT2D eigenvalue weighted by atomic mass is 79.9. The molecule has 0 bridgehead atoms. The molecule has 0 saturated heterocycles. The number of carbonyl (C=O) groups excluding carboxylic acids is 1. The Morgan fingerprint density at radius 2 is 2.31 bits per heavy atom. The molecule has 0 unspecified atom stereocenters. The number of guanidine groups is 1. The van der Waals surface area contributed by atoms with E-state index >= 15 is 0 Å². The van der Waals surface area contributed by atoms with Crippen molar-refractivity contribution in [2.24, 2.45) is 10.7 Å². The lowest BCUT2D eigenvalue weighted by Gasteiger charge is -2.31. The van der Waals surface area contributed by atoms with Crippen LogP contribution in [0, 0.1) is 0 Å². The van der Waals surface area contributed by atoms with Gasteiger partial charge in [-0.25, -0.2) is 4.99 Å². The summed E-state index contributed by atoms with van der Waals surface area (Å²) in [5.41, 5.74) is 4.98.